The fourth-order valence-electron chi connectivity index (χ4n) is 2.48. The van der Waals surface area contributed by atoms with Crippen molar-refractivity contribution in [2.45, 2.75) is 31.6 Å². The maximum atomic E-state index is 12.2. The number of nitrogens with zero attached hydrogens (tertiary/aromatic N) is 3. The summed E-state index contributed by atoms with van der Waals surface area (Å²) in [5, 5.41) is 15.5. The Morgan fingerprint density at radius 2 is 2.16 bits per heavy atom. The molecule has 1 aromatic heterocycles. The molecule has 19 heavy (non-hydrogen) atoms. The first-order valence-corrected chi connectivity index (χ1v) is 6.57. The highest BCUT2D eigenvalue weighted by molar-refractivity contribution is 5.90. The summed E-state index contributed by atoms with van der Waals surface area (Å²) >= 11 is 0. The third-order valence-corrected chi connectivity index (χ3v) is 3.69. The first kappa shape index (κ1) is 12.1. The van der Waals surface area contributed by atoms with Crippen LogP contribution in [0.15, 0.2) is 0 Å². The molecule has 1 saturated carbocycles. The molecule has 0 spiro atoms. The predicted molar refractivity (Wildman–Crippen MR) is 64.6 cm³/mol. The number of hydrogen-bond donors (Lipinski definition) is 2. The lowest BCUT2D eigenvalue weighted by Crippen LogP contribution is -2.29. The molecule has 3 rings (SSSR count). The largest absolute Gasteiger partial charge is 0.481 e. The summed E-state index contributed by atoms with van der Waals surface area (Å²) in [6, 6.07) is 0. The lowest BCUT2D eigenvalue weighted by atomic mass is 10.1. The number of likely N-dealkylation sites (tertiary alicyclic amines) is 1. The molecule has 1 aliphatic carbocycles. The topological polar surface area (TPSA) is 99.2 Å². The first-order valence-electron chi connectivity index (χ1n) is 6.57. The molecule has 2 fully saturated rings. The fraction of sp³-hybridized carbons (Fsp3) is 0.667. The molecule has 0 radical (unpaired) electrons. The molecule has 7 nitrogen and oxygen atoms in total. The predicted octanol–water partition coefficient (Wildman–Crippen LogP) is 0.619. The van der Waals surface area contributed by atoms with Gasteiger partial charge in [0.2, 0.25) is 5.82 Å². The van der Waals surface area contributed by atoms with Gasteiger partial charge in [0, 0.05) is 25.4 Å². The quantitative estimate of drug-likeness (QED) is 0.830. The number of carboxylic acids is 1. The molecule has 1 unspecified atom stereocenters. The molecule has 2 heterocycles. The summed E-state index contributed by atoms with van der Waals surface area (Å²) in [4.78, 5) is 28.7. The van der Waals surface area contributed by atoms with Gasteiger partial charge in [-0.05, 0) is 25.2 Å². The highest BCUT2D eigenvalue weighted by Gasteiger charge is 2.32. The van der Waals surface area contributed by atoms with E-state index in [0.717, 1.165) is 25.1 Å². The van der Waals surface area contributed by atoms with Crippen LogP contribution in [0.4, 0.5) is 0 Å². The van der Waals surface area contributed by atoms with E-state index >= 15 is 0 Å². The van der Waals surface area contributed by atoms with E-state index in [2.05, 4.69) is 15.2 Å². The van der Waals surface area contributed by atoms with Gasteiger partial charge in [0.05, 0.1) is 0 Å². The second kappa shape index (κ2) is 4.64. The average Bonchev–Trinajstić information content (AvgIpc) is 2.92. The van der Waals surface area contributed by atoms with Gasteiger partial charge in [-0.15, -0.1) is 5.10 Å². The lowest BCUT2D eigenvalue weighted by Gasteiger charge is -2.13. The Bertz CT molecular complexity index is 509. The van der Waals surface area contributed by atoms with Crippen molar-refractivity contribution in [2.24, 2.45) is 5.92 Å². The van der Waals surface area contributed by atoms with Crippen molar-refractivity contribution in [1.29, 1.82) is 0 Å². The number of nitrogens with one attached hydrogen (secondary N) is 1. The van der Waals surface area contributed by atoms with Crippen LogP contribution >= 0.6 is 0 Å². The van der Waals surface area contributed by atoms with E-state index in [1.165, 1.54) is 0 Å². The molecule has 1 saturated heterocycles. The zero-order valence-corrected chi connectivity index (χ0v) is 10.5. The standard InChI is InChI=1S/C12H16N4O3/c17-9(18)5-7-3-4-16(6-7)12(19)11-13-10(14-15-11)8-1-2-8/h7-8H,1-6H2,(H,17,18)(H,13,14,15). The van der Waals surface area contributed by atoms with Crippen LogP contribution in [0.1, 0.15) is 48.0 Å². The average molecular weight is 264 g/mol. The van der Waals surface area contributed by atoms with Gasteiger partial charge in [-0.1, -0.05) is 0 Å². The maximum absolute atomic E-state index is 12.2. The molecule has 7 heteroatoms. The third-order valence-electron chi connectivity index (χ3n) is 3.69. The minimum atomic E-state index is -0.812. The van der Waals surface area contributed by atoms with Crippen LogP contribution in [0.5, 0.6) is 0 Å². The number of hydrogen-bond acceptors (Lipinski definition) is 4. The zero-order chi connectivity index (χ0) is 13.4. The number of amides is 1. The molecular weight excluding hydrogens is 248 g/mol. The molecule has 2 N–H and O–H groups in total. The SMILES string of the molecule is O=C(O)CC1CCN(C(=O)c2n[nH]c(C3CC3)n2)C1. The summed E-state index contributed by atoms with van der Waals surface area (Å²) in [7, 11) is 0. The molecule has 102 valence electrons. The van der Waals surface area contributed by atoms with E-state index in [4.69, 9.17) is 5.11 Å². The Hall–Kier alpha value is -1.92. The van der Waals surface area contributed by atoms with Crippen molar-refractivity contribution in [1.82, 2.24) is 20.1 Å². The van der Waals surface area contributed by atoms with Gasteiger partial charge < -0.3 is 10.0 Å². The number of carbonyl (C=O) groups excluding carboxylic acids is 1. The van der Waals surface area contributed by atoms with E-state index in [1.54, 1.807) is 4.90 Å². The van der Waals surface area contributed by atoms with Crippen molar-refractivity contribution < 1.29 is 14.7 Å². The van der Waals surface area contributed by atoms with Crippen LogP contribution in [0.3, 0.4) is 0 Å². The van der Waals surface area contributed by atoms with Crippen LogP contribution in [0, 0.1) is 5.92 Å². The van der Waals surface area contributed by atoms with Gasteiger partial charge in [0.1, 0.15) is 5.82 Å². The number of carboxylic acid groups (broad SMARTS) is 1. The molecular formula is C12H16N4O3. The molecule has 0 aromatic carbocycles. The molecule has 0 bridgehead atoms. The Labute approximate surface area is 110 Å². The smallest absolute Gasteiger partial charge is 0.303 e. The molecule has 1 aliphatic heterocycles. The van der Waals surface area contributed by atoms with Gasteiger partial charge >= 0.3 is 5.97 Å². The van der Waals surface area contributed by atoms with Crippen LogP contribution in [-0.4, -0.2) is 50.2 Å². The minimum Gasteiger partial charge on any atom is -0.481 e. The fourth-order valence-corrected chi connectivity index (χ4v) is 2.48. The van der Waals surface area contributed by atoms with Gasteiger partial charge in [-0.2, -0.15) is 0 Å². The van der Waals surface area contributed by atoms with Crippen LogP contribution in [0.25, 0.3) is 0 Å². The number of rotatable bonds is 4. The van der Waals surface area contributed by atoms with Crippen molar-refractivity contribution in [3.63, 3.8) is 0 Å². The summed E-state index contributed by atoms with van der Waals surface area (Å²) in [5.74, 6) is 0.474. The molecule has 1 aromatic rings. The second-order valence-electron chi connectivity index (χ2n) is 5.32. The van der Waals surface area contributed by atoms with Crippen LogP contribution in [-0.2, 0) is 4.79 Å². The summed E-state index contributed by atoms with van der Waals surface area (Å²) in [6.07, 6.45) is 3.06. The Kier molecular flexibility index (Phi) is 2.96. The van der Waals surface area contributed by atoms with Crippen molar-refractivity contribution in [2.75, 3.05) is 13.1 Å². The Morgan fingerprint density at radius 3 is 2.84 bits per heavy atom. The summed E-state index contributed by atoms with van der Waals surface area (Å²) in [5.41, 5.74) is 0. The highest BCUT2D eigenvalue weighted by atomic mass is 16.4. The number of aromatic amines is 1. The Morgan fingerprint density at radius 1 is 1.37 bits per heavy atom. The van der Waals surface area contributed by atoms with Gasteiger partial charge in [-0.3, -0.25) is 14.7 Å². The second-order valence-corrected chi connectivity index (χ2v) is 5.32. The first-order chi connectivity index (χ1) is 9.13. The normalized spacial score (nSPS) is 22.7. The molecule has 1 atom stereocenters. The van der Waals surface area contributed by atoms with Gasteiger partial charge in [0.25, 0.3) is 5.91 Å². The summed E-state index contributed by atoms with van der Waals surface area (Å²) in [6.45, 7) is 1.07. The van der Waals surface area contributed by atoms with E-state index in [-0.39, 0.29) is 24.1 Å². The molecule has 2 aliphatic rings. The number of aliphatic carboxylic acids is 1. The van der Waals surface area contributed by atoms with E-state index in [0.29, 0.717) is 19.0 Å². The van der Waals surface area contributed by atoms with Crippen LogP contribution < -0.4 is 0 Å². The van der Waals surface area contributed by atoms with E-state index in [9.17, 15) is 9.59 Å². The number of aromatic nitrogens is 3. The van der Waals surface area contributed by atoms with Crippen LogP contribution in [0.2, 0.25) is 0 Å². The number of carbonyl (C=O) groups is 2. The summed E-state index contributed by atoms with van der Waals surface area (Å²) < 4.78 is 0. The molecule has 1 amide bonds. The van der Waals surface area contributed by atoms with Crippen molar-refractivity contribution >= 4 is 11.9 Å². The van der Waals surface area contributed by atoms with E-state index in [1.807, 2.05) is 0 Å². The van der Waals surface area contributed by atoms with Crippen molar-refractivity contribution in [3.8, 4) is 0 Å². The van der Waals surface area contributed by atoms with Crippen molar-refractivity contribution in [3.05, 3.63) is 11.6 Å². The minimum absolute atomic E-state index is 0.0447. The Balaban J connectivity index is 1.62. The number of H-pyrrole nitrogens is 1. The van der Waals surface area contributed by atoms with Gasteiger partial charge in [0.15, 0.2) is 0 Å². The third kappa shape index (κ3) is 2.59. The monoisotopic (exact) mass is 264 g/mol. The lowest BCUT2D eigenvalue weighted by molar-refractivity contribution is -0.138. The zero-order valence-electron chi connectivity index (χ0n) is 10.5. The van der Waals surface area contributed by atoms with Gasteiger partial charge in [-0.25, -0.2) is 4.98 Å². The van der Waals surface area contributed by atoms with E-state index < -0.39 is 5.97 Å². The highest BCUT2D eigenvalue weighted by Crippen LogP contribution is 2.37. The maximum Gasteiger partial charge on any atom is 0.303 e.